The van der Waals surface area contributed by atoms with Crippen LogP contribution in [0.1, 0.15) is 58.7 Å². The van der Waals surface area contributed by atoms with Gasteiger partial charge in [0.1, 0.15) is 5.69 Å². The maximum absolute atomic E-state index is 14.7. The molecule has 3 aliphatic heterocycles. The first kappa shape index (κ1) is 26.4. The van der Waals surface area contributed by atoms with Crippen LogP contribution in [0, 0.1) is 0 Å². The van der Waals surface area contributed by atoms with E-state index in [1.165, 1.54) is 6.07 Å². The molecule has 3 aliphatic rings. The molecule has 1 aromatic heterocycles. The Morgan fingerprint density at radius 1 is 1.31 bits per heavy atom. The number of amides is 1. The number of rotatable bonds is 7. The van der Waals surface area contributed by atoms with Crippen molar-refractivity contribution in [3.63, 3.8) is 0 Å². The number of hydrogen-bond donors (Lipinski definition) is 1. The number of fused-ring (bicyclic) bond motifs is 1. The highest BCUT2D eigenvalue weighted by molar-refractivity contribution is 5.97. The molecule has 2 fully saturated rings. The summed E-state index contributed by atoms with van der Waals surface area (Å²) in [5.74, 6) is -3.04. The Labute approximate surface area is 208 Å². The lowest BCUT2D eigenvalue weighted by Gasteiger charge is -2.43. The van der Waals surface area contributed by atoms with Crippen LogP contribution in [0.25, 0.3) is 0 Å². The third-order valence-corrected chi connectivity index (χ3v) is 7.71. The van der Waals surface area contributed by atoms with Crippen LogP contribution in [0.5, 0.6) is 0 Å². The van der Waals surface area contributed by atoms with Crippen LogP contribution in [0.15, 0.2) is 12.3 Å². The van der Waals surface area contributed by atoms with E-state index in [1.807, 2.05) is 13.8 Å². The predicted molar refractivity (Wildman–Crippen MR) is 133 cm³/mol. The molecule has 4 rings (SSSR count). The van der Waals surface area contributed by atoms with Crippen LogP contribution in [0.3, 0.4) is 0 Å². The fourth-order valence-electron chi connectivity index (χ4n) is 5.59. The quantitative estimate of drug-likeness (QED) is 0.630. The van der Waals surface area contributed by atoms with Crippen molar-refractivity contribution < 1.29 is 18.3 Å². The summed E-state index contributed by atoms with van der Waals surface area (Å²) in [6.45, 7) is 15.7. The van der Waals surface area contributed by atoms with Crippen LogP contribution in [0.2, 0.25) is 0 Å². The fraction of sp³-hybridized carbons (Fsp3) is 0.769. The van der Waals surface area contributed by atoms with Crippen LogP contribution in [-0.4, -0.2) is 91.3 Å². The normalized spacial score (nSPS) is 27.7. The van der Waals surface area contributed by atoms with E-state index in [9.17, 15) is 13.6 Å². The lowest BCUT2D eigenvalue weighted by Crippen LogP contribution is -2.62. The molecule has 1 aromatic rings. The summed E-state index contributed by atoms with van der Waals surface area (Å²) in [5, 5.41) is 3.56. The minimum Gasteiger partial charge on any atom is -0.379 e. The zero-order valence-electron chi connectivity index (χ0n) is 21.8. The maximum Gasteiger partial charge on any atom is 0.289 e. The van der Waals surface area contributed by atoms with Crippen molar-refractivity contribution in [1.82, 2.24) is 20.1 Å². The molecule has 3 atom stereocenters. The van der Waals surface area contributed by atoms with Gasteiger partial charge in [-0.2, -0.15) is 8.78 Å². The summed E-state index contributed by atoms with van der Waals surface area (Å²) < 4.78 is 34.9. The number of anilines is 1. The van der Waals surface area contributed by atoms with Crippen LogP contribution in [-0.2, 0) is 20.9 Å². The average molecular weight is 494 g/mol. The van der Waals surface area contributed by atoms with E-state index < -0.39 is 5.92 Å². The molecule has 196 valence electrons. The van der Waals surface area contributed by atoms with Gasteiger partial charge in [0, 0.05) is 74.4 Å². The number of carbonyl (C=O) groups excluding carboxylic acids is 1. The van der Waals surface area contributed by atoms with E-state index in [0.717, 1.165) is 45.0 Å². The largest absolute Gasteiger partial charge is 0.379 e. The molecule has 35 heavy (non-hydrogen) atoms. The molecular formula is C26H41F2N5O2. The Morgan fingerprint density at radius 3 is 2.80 bits per heavy atom. The van der Waals surface area contributed by atoms with E-state index in [4.69, 9.17) is 4.74 Å². The van der Waals surface area contributed by atoms with Crippen molar-refractivity contribution >= 4 is 11.6 Å². The number of hydrogen-bond acceptors (Lipinski definition) is 6. The molecule has 0 aromatic carbocycles. The minimum absolute atomic E-state index is 0.0399. The second kappa shape index (κ2) is 10.4. The van der Waals surface area contributed by atoms with Crippen molar-refractivity contribution in [3.8, 4) is 0 Å². The second-order valence-electron chi connectivity index (χ2n) is 11.2. The Morgan fingerprint density at radius 2 is 2.09 bits per heavy atom. The van der Waals surface area contributed by atoms with Gasteiger partial charge in [0.05, 0.1) is 25.4 Å². The number of aromatic nitrogens is 1. The van der Waals surface area contributed by atoms with Gasteiger partial charge in [-0.05, 0) is 19.9 Å². The van der Waals surface area contributed by atoms with Gasteiger partial charge in [0.25, 0.3) is 5.92 Å². The van der Waals surface area contributed by atoms with Crippen molar-refractivity contribution in [2.75, 3.05) is 57.4 Å². The van der Waals surface area contributed by atoms with Crippen molar-refractivity contribution in [2.24, 2.45) is 0 Å². The zero-order chi connectivity index (χ0) is 25.4. The van der Waals surface area contributed by atoms with E-state index >= 15 is 0 Å². The minimum atomic E-state index is -3.00. The monoisotopic (exact) mass is 493 g/mol. The number of morpholine rings is 1. The highest BCUT2D eigenvalue weighted by atomic mass is 19.3. The summed E-state index contributed by atoms with van der Waals surface area (Å²) in [5.41, 5.74) is 0.857. The van der Waals surface area contributed by atoms with Crippen LogP contribution in [0.4, 0.5) is 14.5 Å². The smallest absolute Gasteiger partial charge is 0.289 e. The first-order chi connectivity index (χ1) is 16.5. The molecular weight excluding hydrogens is 452 g/mol. The topological polar surface area (TPSA) is 60.9 Å². The first-order valence-corrected chi connectivity index (χ1v) is 13.0. The first-order valence-electron chi connectivity index (χ1n) is 13.0. The molecule has 0 spiro atoms. The van der Waals surface area contributed by atoms with Crippen LogP contribution >= 0.6 is 0 Å². The third-order valence-electron chi connectivity index (χ3n) is 7.71. The Kier molecular flexibility index (Phi) is 7.81. The Bertz CT molecular complexity index is 912. The summed E-state index contributed by atoms with van der Waals surface area (Å²) in [7, 11) is 0. The molecule has 4 heterocycles. The molecule has 0 radical (unpaired) electrons. The number of carbonyl (C=O) groups is 1. The standard InChI is InChI=1S/C26H41F2N5O2/c1-6-7-26(27,28)23-10-22-21(12-30-23)25(4,5)17-33(22)24(34)15-32-13-18(2)29-11-20(32)14-31-8-9-35-16-19(31)3/h10,12,18-20,29H,6-9,11,13-17H2,1-5H3/t18?,19?,20-/m1/s1. The zero-order valence-corrected chi connectivity index (χ0v) is 21.8. The Hall–Kier alpha value is -1.68. The van der Waals surface area contributed by atoms with E-state index in [2.05, 4.69) is 33.9 Å². The van der Waals surface area contributed by atoms with Gasteiger partial charge < -0.3 is 15.0 Å². The van der Waals surface area contributed by atoms with Gasteiger partial charge in [-0.3, -0.25) is 19.6 Å². The average Bonchev–Trinajstić information content (AvgIpc) is 3.07. The lowest BCUT2D eigenvalue weighted by atomic mass is 9.88. The summed E-state index contributed by atoms with van der Waals surface area (Å²) in [6.07, 6.45) is 1.66. The highest BCUT2D eigenvalue weighted by Crippen LogP contribution is 2.43. The van der Waals surface area contributed by atoms with E-state index in [-0.39, 0.29) is 42.1 Å². The van der Waals surface area contributed by atoms with Gasteiger partial charge in [0.2, 0.25) is 5.91 Å². The number of halogens is 2. The van der Waals surface area contributed by atoms with E-state index in [1.54, 1.807) is 18.0 Å². The third kappa shape index (κ3) is 5.68. The maximum atomic E-state index is 14.7. The number of nitrogens with one attached hydrogen (secondary N) is 1. The summed E-state index contributed by atoms with van der Waals surface area (Å²) in [4.78, 5) is 24.2. The molecule has 0 aliphatic carbocycles. The second-order valence-corrected chi connectivity index (χ2v) is 11.2. The van der Waals surface area contributed by atoms with Gasteiger partial charge in [-0.1, -0.05) is 27.2 Å². The molecule has 9 heteroatoms. The van der Waals surface area contributed by atoms with Gasteiger partial charge in [-0.15, -0.1) is 0 Å². The van der Waals surface area contributed by atoms with Gasteiger partial charge >= 0.3 is 0 Å². The molecule has 1 N–H and O–H groups in total. The lowest BCUT2D eigenvalue weighted by molar-refractivity contribution is -0.121. The van der Waals surface area contributed by atoms with Crippen molar-refractivity contribution in [2.45, 2.75) is 76.9 Å². The van der Waals surface area contributed by atoms with Crippen molar-refractivity contribution in [1.29, 1.82) is 0 Å². The predicted octanol–water partition coefficient (Wildman–Crippen LogP) is 2.98. The SMILES string of the molecule is CCCC(F)(F)c1cc2c(cn1)C(C)(C)CN2C(=O)CN1CC(C)NC[C@@H]1CN1CCOCC1C. The fourth-order valence-corrected chi connectivity index (χ4v) is 5.59. The van der Waals surface area contributed by atoms with E-state index in [0.29, 0.717) is 24.7 Å². The number of alkyl halides is 2. The summed E-state index contributed by atoms with van der Waals surface area (Å²) >= 11 is 0. The number of pyridine rings is 1. The number of ether oxygens (including phenoxy) is 1. The molecule has 7 nitrogen and oxygen atoms in total. The van der Waals surface area contributed by atoms with Crippen molar-refractivity contribution in [3.05, 3.63) is 23.5 Å². The molecule has 1 amide bonds. The van der Waals surface area contributed by atoms with Crippen LogP contribution < -0.4 is 10.2 Å². The highest BCUT2D eigenvalue weighted by Gasteiger charge is 2.42. The number of nitrogens with zero attached hydrogens (tertiary/aromatic N) is 4. The molecule has 2 unspecified atom stereocenters. The van der Waals surface area contributed by atoms with Gasteiger partial charge in [0.15, 0.2) is 0 Å². The molecule has 0 bridgehead atoms. The molecule has 0 saturated carbocycles. The number of piperazine rings is 1. The molecule has 2 saturated heterocycles. The summed E-state index contributed by atoms with van der Waals surface area (Å²) in [6, 6.07) is 2.28. The van der Waals surface area contributed by atoms with Gasteiger partial charge in [-0.25, -0.2) is 0 Å². The Balaban J connectivity index is 1.53.